The lowest BCUT2D eigenvalue weighted by Crippen LogP contribution is -2.17. The molecule has 0 amide bonds. The number of halogens is 1. The van der Waals surface area contributed by atoms with Crippen molar-refractivity contribution in [2.45, 2.75) is 38.3 Å². The Labute approximate surface area is 124 Å². The summed E-state index contributed by atoms with van der Waals surface area (Å²) in [6.07, 6.45) is 3.21. The van der Waals surface area contributed by atoms with Gasteiger partial charge in [-0.1, -0.05) is 24.3 Å². The number of benzene rings is 2. The van der Waals surface area contributed by atoms with E-state index >= 15 is 0 Å². The molecule has 2 aromatic carbocycles. The van der Waals surface area contributed by atoms with Crippen LogP contribution in [-0.2, 0) is 6.42 Å². The van der Waals surface area contributed by atoms with E-state index in [0.717, 1.165) is 24.8 Å². The lowest BCUT2D eigenvalue weighted by molar-refractivity contribution is 0.181. The largest absolute Gasteiger partial charge is 0.485 e. The Kier molecular flexibility index (Phi) is 3.93. The molecule has 3 heteroatoms. The van der Waals surface area contributed by atoms with Gasteiger partial charge in [-0.15, -0.1) is 0 Å². The third-order valence-electron chi connectivity index (χ3n) is 4.05. The molecule has 0 saturated heterocycles. The van der Waals surface area contributed by atoms with Crippen LogP contribution in [0.4, 0.5) is 4.39 Å². The van der Waals surface area contributed by atoms with Gasteiger partial charge in [0.25, 0.3) is 0 Å². The zero-order valence-corrected chi connectivity index (χ0v) is 12.2. The third kappa shape index (κ3) is 2.93. The minimum Gasteiger partial charge on any atom is -0.485 e. The van der Waals surface area contributed by atoms with Crippen molar-refractivity contribution in [2.24, 2.45) is 5.73 Å². The summed E-state index contributed by atoms with van der Waals surface area (Å²) in [5.41, 5.74) is 9.24. The highest BCUT2D eigenvalue weighted by Gasteiger charge is 2.22. The zero-order chi connectivity index (χ0) is 14.8. The second-order valence-corrected chi connectivity index (χ2v) is 5.67. The van der Waals surface area contributed by atoms with Crippen LogP contribution < -0.4 is 10.5 Å². The Morgan fingerprint density at radius 1 is 1.24 bits per heavy atom. The van der Waals surface area contributed by atoms with Gasteiger partial charge < -0.3 is 10.5 Å². The van der Waals surface area contributed by atoms with E-state index < -0.39 is 0 Å². The van der Waals surface area contributed by atoms with Crippen molar-refractivity contribution in [1.82, 2.24) is 0 Å². The van der Waals surface area contributed by atoms with Gasteiger partial charge in [-0.2, -0.15) is 0 Å². The first-order valence-corrected chi connectivity index (χ1v) is 7.44. The number of hydrogen-bond donors (Lipinski definition) is 1. The van der Waals surface area contributed by atoms with Crippen LogP contribution in [0.5, 0.6) is 5.75 Å². The van der Waals surface area contributed by atoms with Gasteiger partial charge in [0.05, 0.1) is 0 Å². The quantitative estimate of drug-likeness (QED) is 0.912. The highest BCUT2D eigenvalue weighted by molar-refractivity contribution is 5.38. The highest BCUT2D eigenvalue weighted by atomic mass is 19.1. The molecule has 0 aliphatic heterocycles. The molecule has 1 aliphatic carbocycles. The second-order valence-electron chi connectivity index (χ2n) is 5.67. The molecule has 0 bridgehead atoms. The summed E-state index contributed by atoms with van der Waals surface area (Å²) in [6, 6.07) is 12.7. The first-order chi connectivity index (χ1) is 10.1. The molecule has 0 spiro atoms. The molecule has 2 aromatic rings. The van der Waals surface area contributed by atoms with E-state index in [0.29, 0.717) is 5.75 Å². The van der Waals surface area contributed by atoms with E-state index in [2.05, 4.69) is 18.2 Å². The minimum absolute atomic E-state index is 0.0258. The van der Waals surface area contributed by atoms with Crippen molar-refractivity contribution in [1.29, 1.82) is 0 Å². The molecule has 0 saturated carbocycles. The predicted molar refractivity (Wildman–Crippen MR) is 81.8 cm³/mol. The first kappa shape index (κ1) is 14.1. The minimum atomic E-state index is -0.279. The van der Waals surface area contributed by atoms with Crippen molar-refractivity contribution in [2.75, 3.05) is 0 Å². The molecule has 0 heterocycles. The number of hydrogen-bond acceptors (Lipinski definition) is 2. The molecule has 2 atom stereocenters. The Hall–Kier alpha value is -1.87. The van der Waals surface area contributed by atoms with Crippen LogP contribution in [-0.4, -0.2) is 0 Å². The van der Waals surface area contributed by atoms with E-state index in [-0.39, 0.29) is 18.0 Å². The maximum Gasteiger partial charge on any atom is 0.125 e. The lowest BCUT2D eigenvalue weighted by Gasteiger charge is -2.27. The van der Waals surface area contributed by atoms with E-state index in [1.54, 1.807) is 6.07 Å². The molecule has 0 radical (unpaired) electrons. The fourth-order valence-electron chi connectivity index (χ4n) is 2.97. The molecule has 2 nitrogen and oxygen atoms in total. The number of aryl methyl sites for hydroxylation is 1. The highest BCUT2D eigenvalue weighted by Crippen LogP contribution is 2.35. The molecule has 2 N–H and O–H groups in total. The molecule has 21 heavy (non-hydrogen) atoms. The Balaban J connectivity index is 1.92. The predicted octanol–water partition coefficient (Wildman–Crippen LogP) is 4.30. The monoisotopic (exact) mass is 285 g/mol. The van der Waals surface area contributed by atoms with E-state index in [4.69, 9.17) is 10.5 Å². The van der Waals surface area contributed by atoms with Crippen LogP contribution in [0, 0.1) is 5.82 Å². The zero-order valence-electron chi connectivity index (χ0n) is 12.2. The number of nitrogens with two attached hydrogens (primary N) is 1. The smallest absolute Gasteiger partial charge is 0.125 e. The van der Waals surface area contributed by atoms with Gasteiger partial charge in [0.1, 0.15) is 17.7 Å². The van der Waals surface area contributed by atoms with Crippen molar-refractivity contribution in [3.8, 4) is 5.75 Å². The number of fused-ring (bicyclic) bond motifs is 1. The van der Waals surface area contributed by atoms with Gasteiger partial charge in [0.15, 0.2) is 0 Å². The molecule has 3 rings (SSSR count). The number of ether oxygens (including phenoxy) is 1. The van der Waals surface area contributed by atoms with Crippen molar-refractivity contribution in [3.05, 3.63) is 65.0 Å². The van der Waals surface area contributed by atoms with E-state index in [1.807, 2.05) is 13.0 Å². The van der Waals surface area contributed by atoms with Crippen LogP contribution in [0.3, 0.4) is 0 Å². The maximum absolute atomic E-state index is 13.4. The summed E-state index contributed by atoms with van der Waals surface area (Å²) >= 11 is 0. The SMILES string of the molecule is C[C@@H](N)c1cc(F)ccc1OC1CCCc2ccccc21. The average Bonchev–Trinajstić information content (AvgIpc) is 2.49. The van der Waals surface area contributed by atoms with Gasteiger partial charge in [-0.3, -0.25) is 0 Å². The van der Waals surface area contributed by atoms with E-state index in [9.17, 15) is 4.39 Å². The fourth-order valence-corrected chi connectivity index (χ4v) is 2.97. The summed E-state index contributed by atoms with van der Waals surface area (Å²) < 4.78 is 19.6. The fraction of sp³-hybridized carbons (Fsp3) is 0.333. The average molecular weight is 285 g/mol. The van der Waals surface area contributed by atoms with Gasteiger partial charge in [0.2, 0.25) is 0 Å². The molecule has 1 unspecified atom stereocenters. The topological polar surface area (TPSA) is 35.2 Å². The van der Waals surface area contributed by atoms with Crippen molar-refractivity contribution < 1.29 is 9.13 Å². The molecule has 110 valence electrons. The van der Waals surface area contributed by atoms with Crippen LogP contribution in [0.1, 0.15) is 48.6 Å². The Morgan fingerprint density at radius 2 is 2.05 bits per heavy atom. The number of rotatable bonds is 3. The molecular formula is C18H20FNO. The van der Waals surface area contributed by atoms with Gasteiger partial charge in [-0.05, 0) is 55.5 Å². The Bertz CT molecular complexity index is 639. The lowest BCUT2D eigenvalue weighted by atomic mass is 9.89. The molecule has 1 aliphatic rings. The maximum atomic E-state index is 13.4. The Morgan fingerprint density at radius 3 is 2.86 bits per heavy atom. The normalized spacial score (nSPS) is 18.9. The third-order valence-corrected chi connectivity index (χ3v) is 4.05. The van der Waals surface area contributed by atoms with Crippen molar-refractivity contribution >= 4 is 0 Å². The van der Waals surface area contributed by atoms with Crippen LogP contribution in [0.15, 0.2) is 42.5 Å². The summed E-state index contributed by atoms with van der Waals surface area (Å²) in [5, 5.41) is 0. The van der Waals surface area contributed by atoms with Crippen LogP contribution >= 0.6 is 0 Å². The first-order valence-electron chi connectivity index (χ1n) is 7.44. The van der Waals surface area contributed by atoms with Crippen LogP contribution in [0.2, 0.25) is 0 Å². The van der Waals surface area contributed by atoms with Gasteiger partial charge in [0, 0.05) is 11.6 Å². The summed E-state index contributed by atoms with van der Waals surface area (Å²) in [4.78, 5) is 0. The molecular weight excluding hydrogens is 265 g/mol. The van der Waals surface area contributed by atoms with E-state index in [1.165, 1.54) is 23.3 Å². The standard InChI is InChI=1S/C18H20FNO/c1-12(20)16-11-14(19)9-10-18(16)21-17-8-4-6-13-5-2-3-7-15(13)17/h2-3,5,7,9-12,17H,4,6,8,20H2,1H3/t12-,17?/m1/s1. The van der Waals surface area contributed by atoms with Crippen molar-refractivity contribution in [3.63, 3.8) is 0 Å². The summed E-state index contributed by atoms with van der Waals surface area (Å²) in [5.74, 6) is 0.409. The van der Waals surface area contributed by atoms with Gasteiger partial charge in [-0.25, -0.2) is 4.39 Å². The van der Waals surface area contributed by atoms with Crippen LogP contribution in [0.25, 0.3) is 0 Å². The summed E-state index contributed by atoms with van der Waals surface area (Å²) in [6.45, 7) is 1.84. The molecule has 0 fully saturated rings. The second kappa shape index (κ2) is 5.86. The summed E-state index contributed by atoms with van der Waals surface area (Å²) in [7, 11) is 0. The van der Waals surface area contributed by atoms with Gasteiger partial charge >= 0.3 is 0 Å². The molecule has 0 aromatic heterocycles.